The van der Waals surface area contributed by atoms with Crippen molar-refractivity contribution in [1.82, 2.24) is 4.90 Å². The smallest absolute Gasteiger partial charge is 0.307 e. The second kappa shape index (κ2) is 7.36. The zero-order chi connectivity index (χ0) is 13.5. The molecule has 1 aliphatic carbocycles. The zero-order valence-corrected chi connectivity index (χ0v) is 11.0. The van der Waals surface area contributed by atoms with E-state index in [1.165, 1.54) is 12.8 Å². The van der Waals surface area contributed by atoms with Crippen LogP contribution in [0.3, 0.4) is 0 Å². The van der Waals surface area contributed by atoms with Crippen LogP contribution in [0.2, 0.25) is 0 Å². The molecule has 2 N–H and O–H groups in total. The van der Waals surface area contributed by atoms with E-state index in [0.29, 0.717) is 25.6 Å². The maximum absolute atomic E-state index is 10.9. The topological polar surface area (TPSA) is 77.8 Å². The van der Waals surface area contributed by atoms with E-state index in [0.717, 1.165) is 12.8 Å². The van der Waals surface area contributed by atoms with Gasteiger partial charge < -0.3 is 10.2 Å². The molecule has 0 radical (unpaired) electrons. The molecule has 0 spiro atoms. The Balaban J connectivity index is 2.45. The Morgan fingerprint density at radius 2 is 1.89 bits per heavy atom. The number of rotatable bonds is 8. The van der Waals surface area contributed by atoms with Crippen molar-refractivity contribution in [1.29, 1.82) is 0 Å². The largest absolute Gasteiger partial charge is 0.481 e. The highest BCUT2D eigenvalue weighted by Gasteiger charge is 2.25. The fraction of sp³-hybridized carbons (Fsp3) is 0.846. The Hall–Kier alpha value is -1.10. The third kappa shape index (κ3) is 5.04. The predicted molar refractivity (Wildman–Crippen MR) is 67.5 cm³/mol. The van der Waals surface area contributed by atoms with Gasteiger partial charge >= 0.3 is 11.9 Å². The first-order valence-corrected chi connectivity index (χ1v) is 6.69. The summed E-state index contributed by atoms with van der Waals surface area (Å²) in [6.07, 6.45) is 5.37. The Morgan fingerprint density at radius 3 is 2.39 bits per heavy atom. The number of hydrogen-bond donors (Lipinski definition) is 2. The molecule has 0 bridgehead atoms. The molecule has 1 atom stereocenters. The molecule has 1 rings (SSSR count). The molecule has 18 heavy (non-hydrogen) atoms. The summed E-state index contributed by atoms with van der Waals surface area (Å²) in [5, 5.41) is 17.6. The first kappa shape index (κ1) is 15.0. The van der Waals surface area contributed by atoms with Crippen LogP contribution in [0.4, 0.5) is 0 Å². The number of carbonyl (C=O) groups is 2. The molecule has 0 heterocycles. The molecule has 0 aliphatic heterocycles. The number of nitrogens with zero attached hydrogens (tertiary/aromatic N) is 1. The second-order valence-electron chi connectivity index (χ2n) is 5.17. The minimum atomic E-state index is -0.785. The third-order valence-electron chi connectivity index (χ3n) is 3.61. The minimum Gasteiger partial charge on any atom is -0.481 e. The molecule has 1 saturated carbocycles. The lowest BCUT2D eigenvalue weighted by Gasteiger charge is -2.30. The maximum Gasteiger partial charge on any atom is 0.307 e. The molecule has 0 aromatic rings. The Morgan fingerprint density at radius 1 is 1.28 bits per heavy atom. The number of carboxylic acid groups (broad SMARTS) is 2. The molecule has 0 aromatic heterocycles. The molecule has 0 amide bonds. The summed E-state index contributed by atoms with van der Waals surface area (Å²) in [4.78, 5) is 23.6. The van der Waals surface area contributed by atoms with Crippen LogP contribution in [0.25, 0.3) is 0 Å². The minimum absolute atomic E-state index is 0.157. The van der Waals surface area contributed by atoms with Crippen molar-refractivity contribution in [3.63, 3.8) is 0 Å². The lowest BCUT2D eigenvalue weighted by molar-refractivity contribution is -0.142. The number of aliphatic carboxylic acids is 2. The molecule has 1 aliphatic rings. The molecule has 1 unspecified atom stereocenters. The molecule has 1 fully saturated rings. The third-order valence-corrected chi connectivity index (χ3v) is 3.61. The van der Waals surface area contributed by atoms with Crippen molar-refractivity contribution in [2.24, 2.45) is 5.92 Å². The average Bonchev–Trinajstić information content (AvgIpc) is 2.80. The van der Waals surface area contributed by atoms with E-state index >= 15 is 0 Å². The van der Waals surface area contributed by atoms with Gasteiger partial charge in [-0.25, -0.2) is 0 Å². The lowest BCUT2D eigenvalue weighted by Crippen LogP contribution is -2.39. The van der Waals surface area contributed by atoms with E-state index in [1.54, 1.807) is 6.92 Å². The summed E-state index contributed by atoms with van der Waals surface area (Å²) in [6.45, 7) is 2.93. The van der Waals surface area contributed by atoms with Crippen LogP contribution < -0.4 is 0 Å². The maximum atomic E-state index is 10.9. The van der Waals surface area contributed by atoms with Gasteiger partial charge in [0.05, 0.1) is 5.92 Å². The second-order valence-corrected chi connectivity index (χ2v) is 5.17. The molecular weight excluding hydrogens is 234 g/mol. The first-order chi connectivity index (χ1) is 8.50. The summed E-state index contributed by atoms with van der Waals surface area (Å²) < 4.78 is 0. The SMILES string of the molecule is CC(CN(CCCC(=O)O)C1CCCC1)C(=O)O. The molecular formula is C13H23NO4. The van der Waals surface area contributed by atoms with Gasteiger partial charge in [-0.05, 0) is 25.8 Å². The summed E-state index contributed by atoms with van der Waals surface area (Å²) in [6, 6.07) is 0.445. The first-order valence-electron chi connectivity index (χ1n) is 6.69. The summed E-state index contributed by atoms with van der Waals surface area (Å²) in [5.74, 6) is -1.96. The zero-order valence-electron chi connectivity index (χ0n) is 11.0. The Kier molecular flexibility index (Phi) is 6.12. The standard InChI is InChI=1S/C13H23NO4/c1-10(13(17)18)9-14(8-4-7-12(15)16)11-5-2-3-6-11/h10-11H,2-9H2,1H3,(H,15,16)(H,17,18). The van der Waals surface area contributed by atoms with Crippen molar-refractivity contribution < 1.29 is 19.8 Å². The van der Waals surface area contributed by atoms with Crippen molar-refractivity contribution in [3.05, 3.63) is 0 Å². The fourth-order valence-electron chi connectivity index (χ4n) is 2.56. The van der Waals surface area contributed by atoms with E-state index in [4.69, 9.17) is 10.2 Å². The summed E-state index contributed by atoms with van der Waals surface area (Å²) in [7, 11) is 0. The number of carboxylic acids is 2. The molecule has 5 nitrogen and oxygen atoms in total. The lowest BCUT2D eigenvalue weighted by atomic mass is 10.1. The predicted octanol–water partition coefficient (Wildman–Crippen LogP) is 1.82. The van der Waals surface area contributed by atoms with Crippen LogP contribution in [-0.2, 0) is 9.59 Å². The van der Waals surface area contributed by atoms with Crippen molar-refractivity contribution in [2.75, 3.05) is 13.1 Å². The van der Waals surface area contributed by atoms with Gasteiger partial charge in [-0.2, -0.15) is 0 Å². The normalized spacial score (nSPS) is 18.1. The quantitative estimate of drug-likeness (QED) is 0.693. The van der Waals surface area contributed by atoms with Gasteiger partial charge in [0.2, 0.25) is 0 Å². The number of hydrogen-bond acceptors (Lipinski definition) is 3. The van der Waals surface area contributed by atoms with Crippen LogP contribution in [0.15, 0.2) is 0 Å². The Labute approximate surface area is 108 Å². The summed E-state index contributed by atoms with van der Waals surface area (Å²) in [5.41, 5.74) is 0. The monoisotopic (exact) mass is 257 g/mol. The van der Waals surface area contributed by atoms with Gasteiger partial charge in [0.15, 0.2) is 0 Å². The van der Waals surface area contributed by atoms with Crippen LogP contribution in [0, 0.1) is 5.92 Å². The Bertz CT molecular complexity index is 287. The molecule has 0 aromatic carbocycles. The highest BCUT2D eigenvalue weighted by atomic mass is 16.4. The van der Waals surface area contributed by atoms with Gasteiger partial charge in [-0.1, -0.05) is 19.8 Å². The van der Waals surface area contributed by atoms with E-state index in [9.17, 15) is 9.59 Å². The van der Waals surface area contributed by atoms with E-state index in [2.05, 4.69) is 4.90 Å². The fourth-order valence-corrected chi connectivity index (χ4v) is 2.56. The molecule has 5 heteroatoms. The van der Waals surface area contributed by atoms with E-state index in [1.807, 2.05) is 0 Å². The van der Waals surface area contributed by atoms with Gasteiger partial charge in [-0.3, -0.25) is 14.5 Å². The van der Waals surface area contributed by atoms with E-state index < -0.39 is 17.9 Å². The highest BCUT2D eigenvalue weighted by Crippen LogP contribution is 2.24. The van der Waals surface area contributed by atoms with Crippen molar-refractivity contribution in [3.8, 4) is 0 Å². The average molecular weight is 257 g/mol. The van der Waals surface area contributed by atoms with Gasteiger partial charge in [0, 0.05) is 19.0 Å². The van der Waals surface area contributed by atoms with Gasteiger partial charge in [0.25, 0.3) is 0 Å². The summed E-state index contributed by atoms with van der Waals surface area (Å²) >= 11 is 0. The van der Waals surface area contributed by atoms with Crippen LogP contribution in [0.5, 0.6) is 0 Å². The van der Waals surface area contributed by atoms with Crippen molar-refractivity contribution in [2.45, 2.75) is 51.5 Å². The van der Waals surface area contributed by atoms with Crippen LogP contribution >= 0.6 is 0 Å². The van der Waals surface area contributed by atoms with Crippen LogP contribution in [0.1, 0.15) is 45.4 Å². The van der Waals surface area contributed by atoms with Gasteiger partial charge in [0.1, 0.15) is 0 Å². The van der Waals surface area contributed by atoms with Crippen molar-refractivity contribution >= 4 is 11.9 Å². The molecule has 0 saturated heterocycles. The van der Waals surface area contributed by atoms with E-state index in [-0.39, 0.29) is 6.42 Å². The van der Waals surface area contributed by atoms with Crippen LogP contribution in [-0.4, -0.2) is 46.2 Å². The highest BCUT2D eigenvalue weighted by molar-refractivity contribution is 5.69. The van der Waals surface area contributed by atoms with Gasteiger partial charge in [-0.15, -0.1) is 0 Å². The molecule has 104 valence electrons.